The second-order valence-electron chi connectivity index (χ2n) is 5.82. The first-order valence-electron chi connectivity index (χ1n) is 7.39. The first-order chi connectivity index (χ1) is 10.3. The number of hydrogen-bond donors (Lipinski definition) is 3. The van der Waals surface area contributed by atoms with Crippen molar-refractivity contribution in [2.24, 2.45) is 0 Å². The molecule has 6 nitrogen and oxygen atoms in total. The minimum Gasteiger partial charge on any atom is -0.508 e. The highest BCUT2D eigenvalue weighted by Gasteiger charge is 2.29. The van der Waals surface area contributed by atoms with E-state index < -0.39 is 9.84 Å². The van der Waals surface area contributed by atoms with E-state index in [2.05, 4.69) is 10.6 Å². The van der Waals surface area contributed by atoms with Gasteiger partial charge < -0.3 is 15.7 Å². The van der Waals surface area contributed by atoms with E-state index in [-0.39, 0.29) is 35.4 Å². The second-order valence-corrected chi connectivity index (χ2v) is 8.05. The van der Waals surface area contributed by atoms with Gasteiger partial charge >= 0.3 is 6.03 Å². The molecule has 0 saturated carbocycles. The van der Waals surface area contributed by atoms with Gasteiger partial charge in [0.05, 0.1) is 11.5 Å². The van der Waals surface area contributed by atoms with Crippen molar-refractivity contribution in [3.63, 3.8) is 0 Å². The zero-order valence-corrected chi connectivity index (χ0v) is 13.4. The third-order valence-corrected chi connectivity index (χ3v) is 5.52. The van der Waals surface area contributed by atoms with Gasteiger partial charge in [-0.3, -0.25) is 0 Å². The Morgan fingerprint density at radius 1 is 1.36 bits per heavy atom. The van der Waals surface area contributed by atoms with Gasteiger partial charge in [0.15, 0.2) is 9.84 Å². The topological polar surface area (TPSA) is 95.5 Å². The Morgan fingerprint density at radius 2 is 2.05 bits per heavy atom. The maximum absolute atomic E-state index is 11.8. The third-order valence-electron chi connectivity index (χ3n) is 3.75. The normalized spacial score (nSPS) is 21.2. The van der Waals surface area contributed by atoms with E-state index in [9.17, 15) is 18.3 Å². The van der Waals surface area contributed by atoms with Crippen LogP contribution < -0.4 is 10.6 Å². The van der Waals surface area contributed by atoms with Crippen LogP contribution in [0, 0.1) is 0 Å². The molecule has 7 heteroatoms. The molecule has 0 aromatic heterocycles. The van der Waals surface area contributed by atoms with Crippen molar-refractivity contribution in [1.29, 1.82) is 0 Å². The highest BCUT2D eigenvalue weighted by Crippen LogP contribution is 2.12. The minimum absolute atomic E-state index is 0.0215. The molecule has 0 aliphatic carbocycles. The number of aromatic hydroxyl groups is 1. The number of benzene rings is 1. The minimum atomic E-state index is -2.98. The molecule has 1 aliphatic heterocycles. The summed E-state index contributed by atoms with van der Waals surface area (Å²) in [6.45, 7) is 1.91. The number of carbonyl (C=O) groups excluding carboxylic acids is 1. The first-order valence-corrected chi connectivity index (χ1v) is 9.21. The Hall–Kier alpha value is -1.76. The smallest absolute Gasteiger partial charge is 0.315 e. The fraction of sp³-hybridized carbons (Fsp3) is 0.533. The first kappa shape index (κ1) is 16.6. The van der Waals surface area contributed by atoms with Crippen molar-refractivity contribution in [2.75, 3.05) is 11.5 Å². The van der Waals surface area contributed by atoms with Crippen LogP contribution in [0.25, 0.3) is 0 Å². The summed E-state index contributed by atoms with van der Waals surface area (Å²) in [5.41, 5.74) is 1.09. The number of amides is 2. The van der Waals surface area contributed by atoms with E-state index in [0.29, 0.717) is 6.42 Å². The molecule has 2 rings (SSSR count). The number of sulfone groups is 1. The highest BCUT2D eigenvalue weighted by atomic mass is 32.2. The average Bonchev–Trinajstić information content (AvgIpc) is 2.77. The van der Waals surface area contributed by atoms with E-state index in [1.807, 2.05) is 19.1 Å². The van der Waals surface area contributed by atoms with Crippen LogP contribution >= 0.6 is 0 Å². The monoisotopic (exact) mass is 326 g/mol. The highest BCUT2D eigenvalue weighted by molar-refractivity contribution is 7.91. The van der Waals surface area contributed by atoms with E-state index in [4.69, 9.17) is 0 Å². The van der Waals surface area contributed by atoms with Crippen LogP contribution in [-0.4, -0.2) is 43.1 Å². The van der Waals surface area contributed by atoms with Crippen molar-refractivity contribution in [1.82, 2.24) is 10.6 Å². The lowest BCUT2D eigenvalue weighted by Crippen LogP contribution is -2.45. The van der Waals surface area contributed by atoms with Gasteiger partial charge in [-0.05, 0) is 43.9 Å². The number of urea groups is 1. The number of phenols is 1. The molecule has 122 valence electrons. The van der Waals surface area contributed by atoms with Crippen molar-refractivity contribution in [3.8, 4) is 5.75 Å². The molecule has 1 heterocycles. The summed E-state index contributed by atoms with van der Waals surface area (Å²) in [7, 11) is -2.98. The van der Waals surface area contributed by atoms with Gasteiger partial charge in [0.1, 0.15) is 5.75 Å². The predicted octanol–water partition coefficient (Wildman–Crippen LogP) is 1.20. The van der Waals surface area contributed by atoms with Gasteiger partial charge in [-0.15, -0.1) is 0 Å². The van der Waals surface area contributed by atoms with Crippen molar-refractivity contribution in [2.45, 2.75) is 38.3 Å². The molecule has 3 N–H and O–H groups in total. The quantitative estimate of drug-likeness (QED) is 0.757. The molecule has 0 bridgehead atoms. The summed E-state index contributed by atoms with van der Waals surface area (Å²) in [5.74, 6) is 0.414. The maximum Gasteiger partial charge on any atom is 0.315 e. The van der Waals surface area contributed by atoms with Crippen LogP contribution in [0.5, 0.6) is 5.75 Å². The molecule has 2 atom stereocenters. The van der Waals surface area contributed by atoms with Crippen LogP contribution in [0.1, 0.15) is 25.3 Å². The number of phenolic OH excluding ortho intramolecular Hbond substituents is 1. The molecule has 2 amide bonds. The molecule has 22 heavy (non-hydrogen) atoms. The lowest BCUT2D eigenvalue weighted by atomic mass is 10.1. The SMILES string of the molecule is C[C@@H](CCc1ccc(O)cc1)NC(=O)N[C@@H]1CCS(=O)(=O)C1. The molecular formula is C15H22N2O4S. The van der Waals surface area contributed by atoms with Gasteiger partial charge in [0, 0.05) is 12.1 Å². The van der Waals surface area contributed by atoms with Crippen LogP contribution in [0.3, 0.4) is 0 Å². The van der Waals surface area contributed by atoms with Gasteiger partial charge in [0.25, 0.3) is 0 Å². The molecule has 0 unspecified atom stereocenters. The lowest BCUT2D eigenvalue weighted by Gasteiger charge is -2.17. The standard InChI is InChI=1S/C15H22N2O4S/c1-11(2-3-12-4-6-14(18)7-5-12)16-15(19)17-13-8-9-22(20,21)10-13/h4-7,11,13,18H,2-3,8-10H2,1H3,(H2,16,17,19)/t11-,13+/m0/s1. The Morgan fingerprint density at radius 3 is 2.64 bits per heavy atom. The Labute approximate surface area is 130 Å². The molecule has 1 aromatic carbocycles. The zero-order valence-electron chi connectivity index (χ0n) is 12.6. The van der Waals surface area contributed by atoms with E-state index >= 15 is 0 Å². The Kier molecular flexibility index (Phi) is 5.28. The summed E-state index contributed by atoms with van der Waals surface area (Å²) >= 11 is 0. The average molecular weight is 326 g/mol. The van der Waals surface area contributed by atoms with E-state index in [0.717, 1.165) is 18.4 Å². The molecule has 0 radical (unpaired) electrons. The number of rotatable bonds is 5. The molecular weight excluding hydrogens is 304 g/mol. The van der Waals surface area contributed by atoms with Crippen LogP contribution in [0.2, 0.25) is 0 Å². The van der Waals surface area contributed by atoms with Gasteiger partial charge in [-0.25, -0.2) is 13.2 Å². The molecule has 1 aliphatic rings. The molecule has 1 aromatic rings. The fourth-order valence-electron chi connectivity index (χ4n) is 2.48. The summed E-state index contributed by atoms with van der Waals surface area (Å²) in [5, 5.41) is 14.7. The predicted molar refractivity (Wildman–Crippen MR) is 84.6 cm³/mol. The van der Waals surface area contributed by atoms with Gasteiger partial charge in [0.2, 0.25) is 0 Å². The maximum atomic E-state index is 11.8. The van der Waals surface area contributed by atoms with Crippen molar-refractivity contribution >= 4 is 15.9 Å². The van der Waals surface area contributed by atoms with Crippen LogP contribution in [-0.2, 0) is 16.3 Å². The number of nitrogens with one attached hydrogen (secondary N) is 2. The zero-order chi connectivity index (χ0) is 16.2. The fourth-order valence-corrected chi connectivity index (χ4v) is 4.15. The van der Waals surface area contributed by atoms with Gasteiger partial charge in [-0.1, -0.05) is 12.1 Å². The van der Waals surface area contributed by atoms with Gasteiger partial charge in [-0.2, -0.15) is 0 Å². The van der Waals surface area contributed by atoms with E-state index in [1.165, 1.54) is 0 Å². The summed E-state index contributed by atoms with van der Waals surface area (Å²) < 4.78 is 22.7. The summed E-state index contributed by atoms with van der Waals surface area (Å²) in [6.07, 6.45) is 2.04. The molecule has 1 fully saturated rings. The number of hydrogen-bond acceptors (Lipinski definition) is 4. The summed E-state index contributed by atoms with van der Waals surface area (Å²) in [4.78, 5) is 11.8. The summed E-state index contributed by atoms with van der Waals surface area (Å²) in [6, 6.07) is 6.36. The van der Waals surface area contributed by atoms with Crippen molar-refractivity contribution < 1.29 is 18.3 Å². The third kappa shape index (κ3) is 5.22. The number of aryl methyl sites for hydroxylation is 1. The van der Waals surface area contributed by atoms with E-state index in [1.54, 1.807) is 12.1 Å². The number of carbonyl (C=O) groups is 1. The largest absolute Gasteiger partial charge is 0.508 e. The van der Waals surface area contributed by atoms with Crippen LogP contribution in [0.15, 0.2) is 24.3 Å². The van der Waals surface area contributed by atoms with Crippen LogP contribution in [0.4, 0.5) is 4.79 Å². The molecule has 1 saturated heterocycles. The Balaban J connectivity index is 1.71. The Bertz CT molecular complexity index is 613. The lowest BCUT2D eigenvalue weighted by molar-refractivity contribution is 0.234. The second kappa shape index (κ2) is 7.00. The molecule has 0 spiro atoms. The van der Waals surface area contributed by atoms with Crippen molar-refractivity contribution in [3.05, 3.63) is 29.8 Å².